The maximum atomic E-state index is 6.21. The average Bonchev–Trinajstić information content (AvgIpc) is 2.53. The van der Waals surface area contributed by atoms with Crippen LogP contribution in [0.4, 0.5) is 11.4 Å². The zero-order valence-corrected chi connectivity index (χ0v) is 13.7. The van der Waals surface area contributed by atoms with Crippen LogP contribution in [0.5, 0.6) is 0 Å². The predicted octanol–water partition coefficient (Wildman–Crippen LogP) is 3.55. The van der Waals surface area contributed by atoms with Crippen molar-refractivity contribution in [3.8, 4) is 0 Å². The fraction of sp³-hybridized carbons (Fsp3) is 0.333. The lowest BCUT2D eigenvalue weighted by Crippen LogP contribution is -2.46. The first-order valence-corrected chi connectivity index (χ1v) is 8.08. The third-order valence-electron chi connectivity index (χ3n) is 4.21. The minimum atomic E-state index is 0.654. The Kier molecular flexibility index (Phi) is 4.55. The molecule has 0 aliphatic carbocycles. The molecule has 0 unspecified atom stereocenters. The van der Waals surface area contributed by atoms with E-state index in [1.807, 2.05) is 6.07 Å². The van der Waals surface area contributed by atoms with E-state index < -0.39 is 0 Å². The Balaban J connectivity index is 1.65. The molecule has 0 aromatic heterocycles. The SMILES string of the molecule is Cc1cc(Cl)c(N)c(N2CCN(Cc3ccccc3)CC2)c1. The van der Waals surface area contributed by atoms with Gasteiger partial charge in [0.25, 0.3) is 0 Å². The maximum absolute atomic E-state index is 6.21. The molecule has 2 aromatic carbocycles. The van der Waals surface area contributed by atoms with Gasteiger partial charge in [-0.1, -0.05) is 41.9 Å². The van der Waals surface area contributed by atoms with Gasteiger partial charge in [-0.15, -0.1) is 0 Å². The van der Waals surface area contributed by atoms with E-state index in [2.05, 4.69) is 53.1 Å². The van der Waals surface area contributed by atoms with Crippen molar-refractivity contribution in [2.75, 3.05) is 36.8 Å². The normalized spacial score (nSPS) is 16.0. The van der Waals surface area contributed by atoms with Gasteiger partial charge in [0, 0.05) is 32.7 Å². The molecule has 3 nitrogen and oxygen atoms in total. The summed E-state index contributed by atoms with van der Waals surface area (Å²) in [6.07, 6.45) is 0. The van der Waals surface area contributed by atoms with Crippen LogP contribution in [0, 0.1) is 6.92 Å². The second-order valence-electron chi connectivity index (χ2n) is 5.93. The van der Waals surface area contributed by atoms with E-state index in [0.717, 1.165) is 44.0 Å². The van der Waals surface area contributed by atoms with Crippen LogP contribution in [0.1, 0.15) is 11.1 Å². The lowest BCUT2D eigenvalue weighted by molar-refractivity contribution is 0.250. The Morgan fingerprint density at radius 2 is 1.73 bits per heavy atom. The van der Waals surface area contributed by atoms with Crippen LogP contribution >= 0.6 is 11.6 Å². The molecule has 22 heavy (non-hydrogen) atoms. The molecule has 0 amide bonds. The van der Waals surface area contributed by atoms with Gasteiger partial charge in [0.15, 0.2) is 0 Å². The first kappa shape index (κ1) is 15.2. The van der Waals surface area contributed by atoms with Crippen molar-refractivity contribution in [3.63, 3.8) is 0 Å². The van der Waals surface area contributed by atoms with Crippen LogP contribution < -0.4 is 10.6 Å². The molecule has 0 atom stereocenters. The Bertz CT molecular complexity index is 634. The summed E-state index contributed by atoms with van der Waals surface area (Å²) in [5.74, 6) is 0. The van der Waals surface area contributed by atoms with Crippen LogP contribution in [0.25, 0.3) is 0 Å². The number of hydrogen-bond donors (Lipinski definition) is 1. The average molecular weight is 316 g/mol. The van der Waals surface area contributed by atoms with Gasteiger partial charge in [0.1, 0.15) is 0 Å². The van der Waals surface area contributed by atoms with Crippen LogP contribution in [-0.2, 0) is 6.54 Å². The van der Waals surface area contributed by atoms with Crippen molar-refractivity contribution in [1.82, 2.24) is 4.90 Å². The van der Waals surface area contributed by atoms with E-state index >= 15 is 0 Å². The molecule has 0 bridgehead atoms. The fourth-order valence-electron chi connectivity index (χ4n) is 2.99. The van der Waals surface area contributed by atoms with Crippen molar-refractivity contribution in [1.29, 1.82) is 0 Å². The zero-order chi connectivity index (χ0) is 15.5. The van der Waals surface area contributed by atoms with Crippen molar-refractivity contribution >= 4 is 23.0 Å². The number of anilines is 2. The van der Waals surface area contributed by atoms with Crippen LogP contribution in [0.2, 0.25) is 5.02 Å². The topological polar surface area (TPSA) is 32.5 Å². The molecular weight excluding hydrogens is 294 g/mol. The summed E-state index contributed by atoms with van der Waals surface area (Å²) in [5, 5.41) is 0.654. The number of halogens is 1. The van der Waals surface area contributed by atoms with E-state index in [-0.39, 0.29) is 0 Å². The summed E-state index contributed by atoms with van der Waals surface area (Å²) in [5.41, 5.74) is 10.4. The van der Waals surface area contributed by atoms with Crippen LogP contribution in [-0.4, -0.2) is 31.1 Å². The van der Waals surface area contributed by atoms with Crippen LogP contribution in [0.15, 0.2) is 42.5 Å². The minimum absolute atomic E-state index is 0.654. The zero-order valence-electron chi connectivity index (χ0n) is 12.9. The second kappa shape index (κ2) is 6.59. The Morgan fingerprint density at radius 3 is 2.41 bits per heavy atom. The highest BCUT2D eigenvalue weighted by atomic mass is 35.5. The Labute approximate surface area is 137 Å². The lowest BCUT2D eigenvalue weighted by atomic mass is 10.1. The smallest absolute Gasteiger partial charge is 0.0741 e. The number of aryl methyl sites for hydroxylation is 1. The molecule has 3 rings (SSSR count). The summed E-state index contributed by atoms with van der Waals surface area (Å²) in [4.78, 5) is 4.83. The van der Waals surface area contributed by atoms with Crippen molar-refractivity contribution < 1.29 is 0 Å². The largest absolute Gasteiger partial charge is 0.396 e. The monoisotopic (exact) mass is 315 g/mol. The highest BCUT2D eigenvalue weighted by Gasteiger charge is 2.19. The van der Waals surface area contributed by atoms with Crippen molar-refractivity contribution in [2.24, 2.45) is 0 Å². The Morgan fingerprint density at radius 1 is 1.05 bits per heavy atom. The molecule has 116 valence electrons. The highest BCUT2D eigenvalue weighted by molar-refractivity contribution is 6.33. The molecule has 1 saturated heterocycles. The van der Waals surface area contributed by atoms with Crippen molar-refractivity contribution in [3.05, 3.63) is 58.6 Å². The molecule has 2 N–H and O–H groups in total. The number of rotatable bonds is 3. The summed E-state index contributed by atoms with van der Waals surface area (Å²) in [6.45, 7) is 7.12. The maximum Gasteiger partial charge on any atom is 0.0741 e. The van der Waals surface area contributed by atoms with E-state index in [4.69, 9.17) is 17.3 Å². The van der Waals surface area contributed by atoms with Crippen LogP contribution in [0.3, 0.4) is 0 Å². The molecule has 0 spiro atoms. The summed E-state index contributed by atoms with van der Waals surface area (Å²) >= 11 is 6.21. The summed E-state index contributed by atoms with van der Waals surface area (Å²) in [6, 6.07) is 14.7. The van der Waals surface area contributed by atoms with Crippen molar-refractivity contribution in [2.45, 2.75) is 13.5 Å². The number of hydrogen-bond acceptors (Lipinski definition) is 3. The Hall–Kier alpha value is -1.71. The first-order chi connectivity index (χ1) is 10.6. The number of nitrogens with zero attached hydrogens (tertiary/aromatic N) is 2. The van der Waals surface area contributed by atoms with Gasteiger partial charge >= 0.3 is 0 Å². The van der Waals surface area contributed by atoms with Gasteiger partial charge in [0.05, 0.1) is 16.4 Å². The van der Waals surface area contributed by atoms with Gasteiger partial charge < -0.3 is 10.6 Å². The van der Waals surface area contributed by atoms with E-state index in [9.17, 15) is 0 Å². The number of nitrogens with two attached hydrogens (primary N) is 1. The van der Waals surface area contributed by atoms with Gasteiger partial charge in [-0.05, 0) is 30.2 Å². The van der Waals surface area contributed by atoms with Gasteiger partial charge in [-0.3, -0.25) is 4.90 Å². The van der Waals surface area contributed by atoms with E-state index in [1.54, 1.807) is 0 Å². The molecule has 4 heteroatoms. The molecule has 1 heterocycles. The molecular formula is C18H22ClN3. The molecule has 1 aliphatic rings. The number of piperazine rings is 1. The fourth-order valence-corrected chi connectivity index (χ4v) is 3.25. The highest BCUT2D eigenvalue weighted by Crippen LogP contribution is 2.32. The third-order valence-corrected chi connectivity index (χ3v) is 4.53. The van der Waals surface area contributed by atoms with Gasteiger partial charge in [0.2, 0.25) is 0 Å². The number of nitrogen functional groups attached to an aromatic ring is 1. The lowest BCUT2D eigenvalue weighted by Gasteiger charge is -2.37. The minimum Gasteiger partial charge on any atom is -0.396 e. The summed E-state index contributed by atoms with van der Waals surface area (Å²) in [7, 11) is 0. The predicted molar refractivity (Wildman–Crippen MR) is 94.5 cm³/mol. The quantitative estimate of drug-likeness (QED) is 0.879. The molecule has 2 aromatic rings. The molecule has 1 fully saturated rings. The second-order valence-corrected chi connectivity index (χ2v) is 6.34. The van der Waals surface area contributed by atoms with Gasteiger partial charge in [-0.2, -0.15) is 0 Å². The standard InChI is InChI=1S/C18H22ClN3/c1-14-11-16(19)18(20)17(12-14)22-9-7-21(8-10-22)13-15-5-3-2-4-6-15/h2-6,11-12H,7-10,13,20H2,1H3. The van der Waals surface area contributed by atoms with Gasteiger partial charge in [-0.25, -0.2) is 0 Å². The molecule has 1 aliphatic heterocycles. The molecule has 0 saturated carbocycles. The van der Waals surface area contributed by atoms with E-state index in [1.165, 1.54) is 5.56 Å². The number of benzene rings is 2. The third kappa shape index (κ3) is 3.37. The van der Waals surface area contributed by atoms with E-state index in [0.29, 0.717) is 10.7 Å². The first-order valence-electron chi connectivity index (χ1n) is 7.70. The molecule has 0 radical (unpaired) electrons. The summed E-state index contributed by atoms with van der Waals surface area (Å²) < 4.78 is 0.